The summed E-state index contributed by atoms with van der Waals surface area (Å²) in [5.41, 5.74) is 2.73. The molecule has 0 saturated carbocycles. The Labute approximate surface area is 177 Å². The Hall–Kier alpha value is -3.22. The molecule has 1 saturated heterocycles. The molecule has 1 heterocycles. The zero-order valence-corrected chi connectivity index (χ0v) is 17.7. The van der Waals surface area contributed by atoms with Gasteiger partial charge >= 0.3 is 6.03 Å². The molecule has 0 unspecified atom stereocenters. The number of carbonyl (C=O) groups is 2. The summed E-state index contributed by atoms with van der Waals surface area (Å²) in [6.07, 6.45) is 3.12. The van der Waals surface area contributed by atoms with Crippen LogP contribution in [0.1, 0.15) is 43.5 Å². The normalized spacial score (nSPS) is 13.1. The molecule has 0 spiro atoms. The Morgan fingerprint density at radius 2 is 1.63 bits per heavy atom. The third-order valence-corrected chi connectivity index (χ3v) is 4.90. The number of amides is 3. The first-order valence-electron chi connectivity index (χ1n) is 10.6. The maximum atomic E-state index is 12.7. The molecule has 0 radical (unpaired) electrons. The van der Waals surface area contributed by atoms with E-state index in [1.54, 1.807) is 30.3 Å². The lowest BCUT2D eigenvalue weighted by atomic mass is 10.1. The Kier molecular flexibility index (Phi) is 7.54. The average Bonchev–Trinajstić information content (AvgIpc) is 3.28. The second kappa shape index (κ2) is 10.5. The number of hydrogen-bond acceptors (Lipinski definition) is 4. The van der Waals surface area contributed by atoms with Gasteiger partial charge in [-0.25, -0.2) is 4.79 Å². The van der Waals surface area contributed by atoms with E-state index in [9.17, 15) is 9.59 Å². The van der Waals surface area contributed by atoms with Gasteiger partial charge in [-0.15, -0.1) is 0 Å². The van der Waals surface area contributed by atoms with Gasteiger partial charge < -0.3 is 25.6 Å². The number of hydrogen-bond donors (Lipinski definition) is 3. The molecular weight excluding hydrogens is 380 g/mol. The molecule has 3 rings (SSSR count). The molecule has 3 N–H and O–H groups in total. The highest BCUT2D eigenvalue weighted by atomic mass is 16.5. The molecule has 3 amide bonds. The molecule has 160 valence electrons. The van der Waals surface area contributed by atoms with E-state index in [-0.39, 0.29) is 11.9 Å². The lowest BCUT2D eigenvalue weighted by Crippen LogP contribution is -2.28. The number of benzene rings is 2. The minimum Gasteiger partial charge on any atom is -0.494 e. The zero-order chi connectivity index (χ0) is 21.3. The predicted octanol–water partition coefficient (Wildman–Crippen LogP) is 4.47. The third kappa shape index (κ3) is 5.65. The van der Waals surface area contributed by atoms with E-state index < -0.39 is 0 Å². The fourth-order valence-corrected chi connectivity index (χ4v) is 3.46. The summed E-state index contributed by atoms with van der Waals surface area (Å²) in [5, 5.41) is 8.56. The SMILES string of the molecule is CCCNC(=O)c1cc(NC(=O)Nc2ccc(OCC)cc2)ccc1N1CCCC1. The van der Waals surface area contributed by atoms with Crippen molar-refractivity contribution < 1.29 is 14.3 Å². The fraction of sp³-hybridized carbons (Fsp3) is 0.391. The van der Waals surface area contributed by atoms with Gasteiger partial charge in [0.2, 0.25) is 0 Å². The molecule has 7 nitrogen and oxygen atoms in total. The second-order valence-corrected chi connectivity index (χ2v) is 7.22. The molecule has 1 fully saturated rings. The van der Waals surface area contributed by atoms with Crippen LogP contribution in [0.2, 0.25) is 0 Å². The maximum Gasteiger partial charge on any atom is 0.323 e. The van der Waals surface area contributed by atoms with Crippen LogP contribution in [0.3, 0.4) is 0 Å². The zero-order valence-electron chi connectivity index (χ0n) is 17.7. The largest absolute Gasteiger partial charge is 0.494 e. The van der Waals surface area contributed by atoms with Gasteiger partial charge in [0, 0.05) is 36.7 Å². The van der Waals surface area contributed by atoms with E-state index >= 15 is 0 Å². The van der Waals surface area contributed by atoms with Crippen molar-refractivity contribution in [2.45, 2.75) is 33.1 Å². The smallest absolute Gasteiger partial charge is 0.323 e. The molecule has 0 bridgehead atoms. The number of ether oxygens (including phenoxy) is 1. The first kappa shape index (κ1) is 21.5. The van der Waals surface area contributed by atoms with E-state index in [0.717, 1.165) is 43.8 Å². The van der Waals surface area contributed by atoms with Crippen molar-refractivity contribution in [1.29, 1.82) is 0 Å². The molecular formula is C23H30N4O3. The highest BCUT2D eigenvalue weighted by molar-refractivity contribution is 6.04. The third-order valence-electron chi connectivity index (χ3n) is 4.90. The topological polar surface area (TPSA) is 82.7 Å². The van der Waals surface area contributed by atoms with Crippen molar-refractivity contribution >= 4 is 29.0 Å². The molecule has 2 aromatic carbocycles. The number of urea groups is 1. The molecule has 1 aliphatic heterocycles. The van der Waals surface area contributed by atoms with Gasteiger partial charge in [0.05, 0.1) is 12.2 Å². The average molecular weight is 411 g/mol. The summed E-state index contributed by atoms with van der Waals surface area (Å²) in [6.45, 7) is 7.04. The summed E-state index contributed by atoms with van der Waals surface area (Å²) in [5.74, 6) is 0.637. The highest BCUT2D eigenvalue weighted by Crippen LogP contribution is 2.28. The predicted molar refractivity (Wildman–Crippen MR) is 121 cm³/mol. The van der Waals surface area contributed by atoms with Crippen LogP contribution in [0.5, 0.6) is 5.75 Å². The van der Waals surface area contributed by atoms with Crippen LogP contribution < -0.4 is 25.6 Å². The van der Waals surface area contributed by atoms with Crippen LogP contribution in [-0.4, -0.2) is 38.2 Å². The summed E-state index contributed by atoms with van der Waals surface area (Å²) in [6, 6.07) is 12.3. The van der Waals surface area contributed by atoms with E-state index in [4.69, 9.17) is 4.74 Å². The second-order valence-electron chi connectivity index (χ2n) is 7.22. The van der Waals surface area contributed by atoms with Crippen LogP contribution in [0, 0.1) is 0 Å². The van der Waals surface area contributed by atoms with Gasteiger partial charge in [0.15, 0.2) is 0 Å². The van der Waals surface area contributed by atoms with Gasteiger partial charge in [-0.3, -0.25) is 4.79 Å². The van der Waals surface area contributed by atoms with Crippen LogP contribution in [0.15, 0.2) is 42.5 Å². The molecule has 0 atom stereocenters. The number of anilines is 3. The standard InChI is InChI=1S/C23H30N4O3/c1-3-13-24-22(28)20-16-18(9-12-21(20)27-14-5-6-15-27)26-23(29)25-17-7-10-19(11-8-17)30-4-2/h7-12,16H,3-6,13-15H2,1-2H3,(H,24,28)(H2,25,26,29). The lowest BCUT2D eigenvalue weighted by molar-refractivity contribution is 0.0954. The van der Waals surface area contributed by atoms with Crippen molar-refractivity contribution in [1.82, 2.24) is 5.32 Å². The minimum absolute atomic E-state index is 0.116. The summed E-state index contributed by atoms with van der Waals surface area (Å²) in [7, 11) is 0. The van der Waals surface area contributed by atoms with Gasteiger partial charge in [-0.1, -0.05) is 6.92 Å². The molecule has 7 heteroatoms. The highest BCUT2D eigenvalue weighted by Gasteiger charge is 2.20. The van der Waals surface area contributed by atoms with Crippen LogP contribution >= 0.6 is 0 Å². The summed E-state index contributed by atoms with van der Waals surface area (Å²) >= 11 is 0. The number of carbonyl (C=O) groups excluding carboxylic acids is 2. The Bertz CT molecular complexity index is 861. The van der Waals surface area contributed by atoms with Gasteiger partial charge in [0.1, 0.15) is 5.75 Å². The first-order valence-corrected chi connectivity index (χ1v) is 10.6. The van der Waals surface area contributed by atoms with Crippen molar-refractivity contribution in [2.75, 3.05) is 41.8 Å². The molecule has 30 heavy (non-hydrogen) atoms. The number of nitrogens with zero attached hydrogens (tertiary/aromatic N) is 1. The molecule has 0 aromatic heterocycles. The van der Waals surface area contributed by atoms with E-state index in [2.05, 4.69) is 20.9 Å². The van der Waals surface area contributed by atoms with Crippen molar-refractivity contribution in [3.63, 3.8) is 0 Å². The van der Waals surface area contributed by atoms with Crippen molar-refractivity contribution in [2.24, 2.45) is 0 Å². The molecule has 1 aliphatic rings. The Balaban J connectivity index is 1.71. The summed E-state index contributed by atoms with van der Waals surface area (Å²) in [4.78, 5) is 27.4. The van der Waals surface area contributed by atoms with E-state index in [1.807, 2.05) is 26.0 Å². The van der Waals surface area contributed by atoms with Crippen LogP contribution in [0.25, 0.3) is 0 Å². The van der Waals surface area contributed by atoms with Crippen molar-refractivity contribution in [3.8, 4) is 5.75 Å². The maximum absolute atomic E-state index is 12.7. The van der Waals surface area contributed by atoms with E-state index in [0.29, 0.717) is 30.1 Å². The number of nitrogens with one attached hydrogen (secondary N) is 3. The van der Waals surface area contributed by atoms with Crippen molar-refractivity contribution in [3.05, 3.63) is 48.0 Å². The molecule has 2 aromatic rings. The van der Waals surface area contributed by atoms with Crippen LogP contribution in [0.4, 0.5) is 21.9 Å². The molecule has 0 aliphatic carbocycles. The Morgan fingerprint density at radius 3 is 2.30 bits per heavy atom. The summed E-state index contributed by atoms with van der Waals surface area (Å²) < 4.78 is 5.41. The quantitative estimate of drug-likeness (QED) is 0.600. The number of rotatable bonds is 8. The minimum atomic E-state index is -0.368. The van der Waals surface area contributed by atoms with Gasteiger partial charge in [-0.2, -0.15) is 0 Å². The van der Waals surface area contributed by atoms with E-state index in [1.165, 1.54) is 0 Å². The lowest BCUT2D eigenvalue weighted by Gasteiger charge is -2.22. The first-order chi connectivity index (χ1) is 14.6. The van der Waals surface area contributed by atoms with Gasteiger partial charge in [0.25, 0.3) is 5.91 Å². The monoisotopic (exact) mass is 410 g/mol. The fourth-order valence-electron chi connectivity index (χ4n) is 3.46. The Morgan fingerprint density at radius 1 is 0.967 bits per heavy atom. The van der Waals surface area contributed by atoms with Crippen LogP contribution in [-0.2, 0) is 0 Å². The van der Waals surface area contributed by atoms with Gasteiger partial charge in [-0.05, 0) is 68.7 Å².